The average Bonchev–Trinajstić information content (AvgIpc) is 2.22. The van der Waals surface area contributed by atoms with Crippen molar-refractivity contribution in [2.24, 2.45) is 11.3 Å². The Kier molecular flexibility index (Phi) is 7.59. The lowest BCUT2D eigenvalue weighted by atomic mass is 9.88. The normalized spacial score (nSPS) is 13.1. The number of hydrogen-bond donors (Lipinski definition) is 3. The van der Waals surface area contributed by atoms with Crippen molar-refractivity contribution in [2.75, 3.05) is 13.2 Å². The maximum atomic E-state index is 11.6. The van der Waals surface area contributed by atoms with E-state index in [1.165, 1.54) is 0 Å². The van der Waals surface area contributed by atoms with Gasteiger partial charge < -0.3 is 15.5 Å². The lowest BCUT2D eigenvalue weighted by Gasteiger charge is -2.25. The van der Waals surface area contributed by atoms with Gasteiger partial charge in [0.2, 0.25) is 5.91 Å². The highest BCUT2D eigenvalue weighted by molar-refractivity contribution is 5.77. The van der Waals surface area contributed by atoms with Crippen molar-refractivity contribution in [3.63, 3.8) is 0 Å². The Morgan fingerprint density at radius 3 is 2.39 bits per heavy atom. The largest absolute Gasteiger partial charge is 0.481 e. The lowest BCUT2D eigenvalue weighted by Crippen LogP contribution is -2.35. The van der Waals surface area contributed by atoms with Crippen LogP contribution in [-0.4, -0.2) is 35.2 Å². The molecule has 5 heteroatoms. The molecular formula is C13H25NO4. The van der Waals surface area contributed by atoms with E-state index >= 15 is 0 Å². The molecule has 0 saturated heterocycles. The SMILES string of the molecule is CC(CC(=O)O)CC(=O)NCC(C)(C)CCCO. The predicted molar refractivity (Wildman–Crippen MR) is 69.1 cm³/mol. The van der Waals surface area contributed by atoms with Gasteiger partial charge in [0, 0.05) is 26.0 Å². The number of aliphatic carboxylic acids is 1. The van der Waals surface area contributed by atoms with Crippen molar-refractivity contribution in [1.82, 2.24) is 5.32 Å². The van der Waals surface area contributed by atoms with Gasteiger partial charge in [-0.2, -0.15) is 0 Å². The molecule has 0 heterocycles. The van der Waals surface area contributed by atoms with Crippen molar-refractivity contribution in [1.29, 1.82) is 0 Å². The highest BCUT2D eigenvalue weighted by Gasteiger charge is 2.19. The van der Waals surface area contributed by atoms with Crippen LogP contribution in [0.15, 0.2) is 0 Å². The zero-order chi connectivity index (χ0) is 14.2. The molecule has 18 heavy (non-hydrogen) atoms. The number of carboxylic acids is 1. The van der Waals surface area contributed by atoms with Crippen LogP contribution in [0, 0.1) is 11.3 Å². The van der Waals surface area contributed by atoms with Crippen LogP contribution < -0.4 is 5.32 Å². The molecule has 1 unspecified atom stereocenters. The fraction of sp³-hybridized carbons (Fsp3) is 0.846. The molecule has 0 spiro atoms. The van der Waals surface area contributed by atoms with Crippen LogP contribution in [0.3, 0.4) is 0 Å². The molecule has 0 rings (SSSR count). The fourth-order valence-electron chi connectivity index (χ4n) is 1.74. The zero-order valence-corrected chi connectivity index (χ0v) is 11.5. The molecule has 0 saturated carbocycles. The minimum Gasteiger partial charge on any atom is -0.481 e. The van der Waals surface area contributed by atoms with Crippen molar-refractivity contribution in [3.05, 3.63) is 0 Å². The highest BCUT2D eigenvalue weighted by Crippen LogP contribution is 2.20. The molecule has 0 radical (unpaired) electrons. The first kappa shape index (κ1) is 16.9. The van der Waals surface area contributed by atoms with Crippen molar-refractivity contribution in [3.8, 4) is 0 Å². The maximum Gasteiger partial charge on any atom is 0.303 e. The number of aliphatic hydroxyl groups is 1. The van der Waals surface area contributed by atoms with E-state index in [0.717, 1.165) is 12.8 Å². The number of nitrogens with one attached hydrogen (secondary N) is 1. The molecule has 106 valence electrons. The van der Waals surface area contributed by atoms with Crippen molar-refractivity contribution < 1.29 is 19.8 Å². The second kappa shape index (κ2) is 8.08. The molecule has 0 aliphatic rings. The van der Waals surface area contributed by atoms with Crippen LogP contribution >= 0.6 is 0 Å². The van der Waals surface area contributed by atoms with Gasteiger partial charge in [0.25, 0.3) is 0 Å². The van der Waals surface area contributed by atoms with Crippen LogP contribution in [0.4, 0.5) is 0 Å². The van der Waals surface area contributed by atoms with Crippen LogP contribution in [-0.2, 0) is 9.59 Å². The Balaban J connectivity index is 3.91. The summed E-state index contributed by atoms with van der Waals surface area (Å²) < 4.78 is 0. The van der Waals surface area contributed by atoms with E-state index in [1.54, 1.807) is 6.92 Å². The summed E-state index contributed by atoms with van der Waals surface area (Å²) >= 11 is 0. The van der Waals surface area contributed by atoms with Crippen LogP contribution in [0.2, 0.25) is 0 Å². The predicted octanol–water partition coefficient (Wildman–Crippen LogP) is 1.40. The third kappa shape index (κ3) is 8.98. The molecule has 3 N–H and O–H groups in total. The zero-order valence-electron chi connectivity index (χ0n) is 11.5. The summed E-state index contributed by atoms with van der Waals surface area (Å²) in [6.07, 6.45) is 1.82. The first-order valence-electron chi connectivity index (χ1n) is 6.36. The third-order valence-electron chi connectivity index (χ3n) is 2.83. The Hall–Kier alpha value is -1.10. The maximum absolute atomic E-state index is 11.6. The Bertz CT molecular complexity index is 276. The van der Waals surface area contributed by atoms with Crippen molar-refractivity contribution in [2.45, 2.75) is 46.5 Å². The molecule has 5 nitrogen and oxygen atoms in total. The summed E-state index contributed by atoms with van der Waals surface area (Å²) in [6.45, 7) is 6.52. The molecule has 1 amide bonds. The summed E-state index contributed by atoms with van der Waals surface area (Å²) in [4.78, 5) is 22.1. The number of carbonyl (C=O) groups excluding carboxylic acids is 1. The number of amides is 1. The van der Waals surface area contributed by atoms with Gasteiger partial charge in [-0.15, -0.1) is 0 Å². The molecule has 0 bridgehead atoms. The summed E-state index contributed by atoms with van der Waals surface area (Å²) in [5.41, 5.74) is -0.0472. The topological polar surface area (TPSA) is 86.6 Å². The Labute approximate surface area is 109 Å². The number of aliphatic hydroxyl groups excluding tert-OH is 1. The van der Waals surface area contributed by atoms with Gasteiger partial charge in [0.05, 0.1) is 0 Å². The van der Waals surface area contributed by atoms with E-state index < -0.39 is 5.97 Å². The highest BCUT2D eigenvalue weighted by atomic mass is 16.4. The Morgan fingerprint density at radius 1 is 1.28 bits per heavy atom. The van der Waals surface area contributed by atoms with E-state index in [0.29, 0.717) is 6.54 Å². The summed E-state index contributed by atoms with van der Waals surface area (Å²) in [5.74, 6) is -1.14. The summed E-state index contributed by atoms with van der Waals surface area (Å²) in [5, 5.41) is 20.2. The molecule has 0 aliphatic carbocycles. The van der Waals surface area contributed by atoms with Crippen LogP contribution in [0.1, 0.15) is 46.5 Å². The summed E-state index contributed by atoms with van der Waals surface area (Å²) in [6, 6.07) is 0. The van der Waals surface area contributed by atoms with Gasteiger partial charge in [-0.3, -0.25) is 9.59 Å². The van der Waals surface area contributed by atoms with Gasteiger partial charge in [0.15, 0.2) is 0 Å². The number of hydrogen-bond acceptors (Lipinski definition) is 3. The monoisotopic (exact) mass is 259 g/mol. The second-order valence-corrected chi connectivity index (χ2v) is 5.68. The molecule has 0 fully saturated rings. The Morgan fingerprint density at radius 2 is 1.89 bits per heavy atom. The molecule has 0 aromatic carbocycles. The summed E-state index contributed by atoms with van der Waals surface area (Å²) in [7, 11) is 0. The van der Waals surface area contributed by atoms with Crippen LogP contribution in [0.5, 0.6) is 0 Å². The lowest BCUT2D eigenvalue weighted by molar-refractivity contribution is -0.138. The first-order valence-corrected chi connectivity index (χ1v) is 6.36. The number of carbonyl (C=O) groups is 2. The van der Waals surface area contributed by atoms with E-state index in [-0.39, 0.29) is 36.7 Å². The van der Waals surface area contributed by atoms with Gasteiger partial charge in [-0.05, 0) is 24.2 Å². The average molecular weight is 259 g/mol. The van der Waals surface area contributed by atoms with E-state index in [4.69, 9.17) is 10.2 Å². The van der Waals surface area contributed by atoms with E-state index in [9.17, 15) is 9.59 Å². The fourth-order valence-corrected chi connectivity index (χ4v) is 1.74. The van der Waals surface area contributed by atoms with Crippen molar-refractivity contribution >= 4 is 11.9 Å². The third-order valence-corrected chi connectivity index (χ3v) is 2.83. The quantitative estimate of drug-likeness (QED) is 0.584. The minimum absolute atomic E-state index is 0.0152. The number of carboxylic acid groups (broad SMARTS) is 1. The molecule has 1 atom stereocenters. The smallest absolute Gasteiger partial charge is 0.303 e. The van der Waals surface area contributed by atoms with Gasteiger partial charge in [-0.25, -0.2) is 0 Å². The van der Waals surface area contributed by atoms with Gasteiger partial charge in [-0.1, -0.05) is 20.8 Å². The minimum atomic E-state index is -0.876. The molecule has 0 aromatic rings. The molecule has 0 aromatic heterocycles. The van der Waals surface area contributed by atoms with E-state index in [2.05, 4.69) is 5.32 Å². The molecule has 0 aliphatic heterocycles. The molecular weight excluding hydrogens is 234 g/mol. The van der Waals surface area contributed by atoms with Crippen LogP contribution in [0.25, 0.3) is 0 Å². The first-order chi connectivity index (χ1) is 8.26. The van der Waals surface area contributed by atoms with Gasteiger partial charge in [0.1, 0.15) is 0 Å². The van der Waals surface area contributed by atoms with Gasteiger partial charge >= 0.3 is 5.97 Å². The number of rotatable bonds is 9. The standard InChI is InChI=1S/C13H25NO4/c1-10(8-12(17)18)7-11(16)14-9-13(2,3)5-4-6-15/h10,15H,4-9H2,1-3H3,(H,14,16)(H,17,18). The van der Waals surface area contributed by atoms with E-state index in [1.807, 2.05) is 13.8 Å². The second-order valence-electron chi connectivity index (χ2n) is 5.68.